The summed E-state index contributed by atoms with van der Waals surface area (Å²) in [6.07, 6.45) is 4.50. The highest BCUT2D eigenvalue weighted by Crippen LogP contribution is 2.22. The molecule has 1 atom stereocenters. The number of thioether (sulfide) groups is 1. The van der Waals surface area contributed by atoms with E-state index >= 15 is 0 Å². The maximum atomic E-state index is 5.93. The number of nitrogens with one attached hydrogen (secondary N) is 2. The van der Waals surface area contributed by atoms with E-state index in [1.165, 1.54) is 16.7 Å². The van der Waals surface area contributed by atoms with Crippen LogP contribution in [0.3, 0.4) is 0 Å². The van der Waals surface area contributed by atoms with Crippen LogP contribution in [-0.4, -0.2) is 24.0 Å². The second-order valence-electron chi connectivity index (χ2n) is 6.62. The SMILES string of the molecule is CC/C=N/Nc1ccc(CSC(=NC(CN)Cc2ccccc2)NN)cc1CC. The summed E-state index contributed by atoms with van der Waals surface area (Å²) in [5.41, 5.74) is 16.5. The summed E-state index contributed by atoms with van der Waals surface area (Å²) in [4.78, 5) is 4.72. The molecule has 6 nitrogen and oxygen atoms in total. The standard InChI is InChI=1S/C22H32N6S/c1-3-12-25-28-21-11-10-18(13-19(21)4-2)16-29-22(27-24)26-20(15-23)14-17-8-6-5-7-9-17/h5-13,20,28H,3-4,14-16,23-24H2,1-2H3,(H,26,27)/b25-12+. The van der Waals surface area contributed by atoms with E-state index in [-0.39, 0.29) is 6.04 Å². The fourth-order valence-corrected chi connectivity index (χ4v) is 3.64. The molecular weight excluding hydrogens is 380 g/mol. The molecule has 0 saturated carbocycles. The van der Waals surface area contributed by atoms with Crippen molar-refractivity contribution in [3.63, 3.8) is 0 Å². The van der Waals surface area contributed by atoms with E-state index in [4.69, 9.17) is 16.6 Å². The summed E-state index contributed by atoms with van der Waals surface area (Å²) in [7, 11) is 0. The van der Waals surface area contributed by atoms with Gasteiger partial charge in [0, 0.05) is 18.5 Å². The molecule has 0 aromatic heterocycles. The first-order valence-corrected chi connectivity index (χ1v) is 11.0. The lowest BCUT2D eigenvalue weighted by Crippen LogP contribution is -2.31. The zero-order valence-corrected chi connectivity index (χ0v) is 18.1. The van der Waals surface area contributed by atoms with Crippen LogP contribution in [0.1, 0.15) is 37.0 Å². The number of nitrogens with two attached hydrogens (primary N) is 2. The van der Waals surface area contributed by atoms with Crippen molar-refractivity contribution in [1.82, 2.24) is 5.43 Å². The van der Waals surface area contributed by atoms with E-state index in [1.807, 2.05) is 24.4 Å². The highest BCUT2D eigenvalue weighted by atomic mass is 32.2. The molecule has 0 aliphatic heterocycles. The zero-order valence-electron chi connectivity index (χ0n) is 17.3. The van der Waals surface area contributed by atoms with Crippen molar-refractivity contribution < 1.29 is 0 Å². The summed E-state index contributed by atoms with van der Waals surface area (Å²) in [5.74, 6) is 6.49. The Kier molecular flexibility index (Phi) is 10.3. The Hall–Kier alpha value is -2.35. The number of amidine groups is 1. The average molecular weight is 413 g/mol. The number of hydrazine groups is 1. The topological polar surface area (TPSA) is 101 Å². The van der Waals surface area contributed by atoms with Crippen LogP contribution >= 0.6 is 11.8 Å². The second-order valence-corrected chi connectivity index (χ2v) is 7.59. The summed E-state index contributed by atoms with van der Waals surface area (Å²) in [6.45, 7) is 4.68. The van der Waals surface area contributed by atoms with Gasteiger partial charge < -0.3 is 11.2 Å². The number of aryl methyl sites for hydroxylation is 1. The van der Waals surface area contributed by atoms with Crippen LogP contribution in [0.15, 0.2) is 58.6 Å². The summed E-state index contributed by atoms with van der Waals surface area (Å²) in [5, 5.41) is 4.92. The zero-order chi connectivity index (χ0) is 20.9. The van der Waals surface area contributed by atoms with Gasteiger partial charge in [0.2, 0.25) is 0 Å². The van der Waals surface area contributed by atoms with Crippen molar-refractivity contribution in [2.45, 2.75) is 44.9 Å². The van der Waals surface area contributed by atoms with Gasteiger partial charge >= 0.3 is 0 Å². The largest absolute Gasteiger partial charge is 0.328 e. The van der Waals surface area contributed by atoms with Crippen molar-refractivity contribution >= 4 is 28.8 Å². The third kappa shape index (κ3) is 7.89. The molecule has 0 saturated heterocycles. The molecule has 1 unspecified atom stereocenters. The molecule has 0 bridgehead atoms. The van der Waals surface area contributed by atoms with E-state index in [9.17, 15) is 0 Å². The summed E-state index contributed by atoms with van der Waals surface area (Å²) in [6, 6.07) is 16.6. The molecule has 0 aliphatic carbocycles. The number of aliphatic imine (C=N–C) groups is 1. The molecule has 29 heavy (non-hydrogen) atoms. The lowest BCUT2D eigenvalue weighted by atomic mass is 10.1. The van der Waals surface area contributed by atoms with Crippen molar-refractivity contribution in [2.24, 2.45) is 21.7 Å². The fraction of sp³-hybridized carbons (Fsp3) is 0.364. The molecule has 0 aliphatic rings. The minimum atomic E-state index is -0.00911. The predicted molar refractivity (Wildman–Crippen MR) is 127 cm³/mol. The van der Waals surface area contributed by atoms with Crippen LogP contribution in [0.25, 0.3) is 0 Å². The normalized spacial score (nSPS) is 12.9. The molecule has 156 valence electrons. The van der Waals surface area contributed by atoms with Crippen molar-refractivity contribution in [2.75, 3.05) is 12.0 Å². The van der Waals surface area contributed by atoms with E-state index in [0.29, 0.717) is 11.7 Å². The van der Waals surface area contributed by atoms with Gasteiger partial charge in [0.25, 0.3) is 0 Å². The van der Waals surface area contributed by atoms with Crippen LogP contribution in [0.4, 0.5) is 5.69 Å². The lowest BCUT2D eigenvalue weighted by Gasteiger charge is -2.14. The van der Waals surface area contributed by atoms with Gasteiger partial charge in [-0.25, -0.2) is 5.84 Å². The quantitative estimate of drug-likeness (QED) is 0.206. The average Bonchev–Trinajstić information content (AvgIpc) is 2.77. The van der Waals surface area contributed by atoms with Gasteiger partial charge in [0.15, 0.2) is 5.17 Å². The first-order chi connectivity index (χ1) is 14.2. The predicted octanol–water partition coefficient (Wildman–Crippen LogP) is 3.68. The number of hydrogen-bond acceptors (Lipinski definition) is 6. The molecule has 2 rings (SSSR count). The Morgan fingerprint density at radius 1 is 1.14 bits per heavy atom. The Morgan fingerprint density at radius 2 is 1.93 bits per heavy atom. The Morgan fingerprint density at radius 3 is 2.59 bits per heavy atom. The number of hydrogen-bond donors (Lipinski definition) is 4. The molecule has 2 aromatic carbocycles. The molecular formula is C22H32N6S. The molecule has 7 heteroatoms. The maximum absolute atomic E-state index is 5.93. The number of anilines is 1. The first-order valence-electron chi connectivity index (χ1n) is 10.0. The molecule has 6 N–H and O–H groups in total. The van der Waals surface area contributed by atoms with Crippen molar-refractivity contribution in [1.29, 1.82) is 0 Å². The highest BCUT2D eigenvalue weighted by Gasteiger charge is 2.09. The smallest absolute Gasteiger partial charge is 0.171 e. The van der Waals surface area contributed by atoms with Gasteiger partial charge in [-0.15, -0.1) is 0 Å². The van der Waals surface area contributed by atoms with Crippen LogP contribution in [0, 0.1) is 0 Å². The number of benzene rings is 2. The molecule has 0 heterocycles. The van der Waals surface area contributed by atoms with Crippen LogP contribution in [0.2, 0.25) is 0 Å². The fourth-order valence-electron chi connectivity index (χ4n) is 2.85. The third-order valence-corrected chi connectivity index (χ3v) is 5.37. The van der Waals surface area contributed by atoms with E-state index in [2.05, 4.69) is 60.1 Å². The van der Waals surface area contributed by atoms with E-state index in [1.54, 1.807) is 11.8 Å². The van der Waals surface area contributed by atoms with Crippen LogP contribution < -0.4 is 22.4 Å². The van der Waals surface area contributed by atoms with Gasteiger partial charge in [-0.05, 0) is 42.0 Å². The van der Waals surface area contributed by atoms with Crippen molar-refractivity contribution in [3.8, 4) is 0 Å². The van der Waals surface area contributed by atoms with Gasteiger partial charge in [-0.1, -0.05) is 68.1 Å². The minimum absolute atomic E-state index is 0.00911. The maximum Gasteiger partial charge on any atom is 0.171 e. The van der Waals surface area contributed by atoms with Gasteiger partial charge in [-0.3, -0.25) is 10.4 Å². The first kappa shape index (κ1) is 22.9. The lowest BCUT2D eigenvalue weighted by molar-refractivity contribution is 0.679. The van der Waals surface area contributed by atoms with Gasteiger partial charge in [0.05, 0.1) is 11.7 Å². The minimum Gasteiger partial charge on any atom is -0.328 e. The monoisotopic (exact) mass is 412 g/mol. The Labute approximate surface area is 178 Å². The number of rotatable bonds is 10. The third-order valence-electron chi connectivity index (χ3n) is 4.39. The van der Waals surface area contributed by atoms with Gasteiger partial charge in [-0.2, -0.15) is 5.10 Å². The number of hydrazone groups is 1. The van der Waals surface area contributed by atoms with E-state index in [0.717, 1.165) is 30.7 Å². The Bertz CT molecular complexity index is 791. The second kappa shape index (κ2) is 13.0. The molecule has 0 fully saturated rings. The van der Waals surface area contributed by atoms with E-state index < -0.39 is 0 Å². The van der Waals surface area contributed by atoms with Crippen molar-refractivity contribution in [3.05, 3.63) is 65.2 Å². The molecule has 2 aromatic rings. The van der Waals surface area contributed by atoms with Gasteiger partial charge in [0.1, 0.15) is 0 Å². The molecule has 0 spiro atoms. The van der Waals surface area contributed by atoms with Crippen LogP contribution in [0.5, 0.6) is 0 Å². The van der Waals surface area contributed by atoms with Crippen LogP contribution in [-0.2, 0) is 18.6 Å². The highest BCUT2D eigenvalue weighted by molar-refractivity contribution is 8.13. The summed E-state index contributed by atoms with van der Waals surface area (Å²) < 4.78 is 0. The molecule has 0 radical (unpaired) electrons. The number of nitrogens with zero attached hydrogens (tertiary/aromatic N) is 2. The summed E-state index contributed by atoms with van der Waals surface area (Å²) >= 11 is 1.58. The Balaban J connectivity index is 2.01. The molecule has 0 amide bonds.